The van der Waals surface area contributed by atoms with Crippen molar-refractivity contribution < 1.29 is 4.52 Å². The van der Waals surface area contributed by atoms with Crippen LogP contribution in [-0.4, -0.2) is 10.1 Å². The van der Waals surface area contributed by atoms with Crippen molar-refractivity contribution in [3.8, 4) is 6.07 Å². The molecule has 0 aliphatic carbocycles. The Bertz CT molecular complexity index is 498. The molecular formula is C12H13N3OS. The van der Waals surface area contributed by atoms with Gasteiger partial charge in [0.2, 0.25) is 5.89 Å². The normalized spacial score (nSPS) is 12.2. The molecule has 2 aromatic rings. The number of aromatic nitrogens is 2. The molecule has 0 aliphatic heterocycles. The summed E-state index contributed by atoms with van der Waals surface area (Å²) in [6.45, 7) is 2.01. The summed E-state index contributed by atoms with van der Waals surface area (Å²) in [5.74, 6) is 1.60. The molecule has 1 atom stereocenters. The van der Waals surface area contributed by atoms with Gasteiger partial charge in [0.1, 0.15) is 0 Å². The van der Waals surface area contributed by atoms with Crippen LogP contribution in [0.3, 0.4) is 0 Å². The molecule has 0 N–H and O–H groups in total. The van der Waals surface area contributed by atoms with Gasteiger partial charge in [-0.05, 0) is 17.4 Å². The van der Waals surface area contributed by atoms with E-state index in [2.05, 4.69) is 22.3 Å². The van der Waals surface area contributed by atoms with E-state index < -0.39 is 0 Å². The van der Waals surface area contributed by atoms with Gasteiger partial charge in [0.15, 0.2) is 5.82 Å². The highest BCUT2D eigenvalue weighted by molar-refractivity contribution is 7.09. The molecule has 0 radical (unpaired) electrons. The summed E-state index contributed by atoms with van der Waals surface area (Å²) in [5.41, 5.74) is 0. The van der Waals surface area contributed by atoms with E-state index in [1.54, 1.807) is 11.3 Å². The van der Waals surface area contributed by atoms with Gasteiger partial charge in [-0.1, -0.05) is 18.1 Å². The molecule has 88 valence electrons. The van der Waals surface area contributed by atoms with E-state index in [0.29, 0.717) is 31.0 Å². The molecule has 2 rings (SSSR count). The van der Waals surface area contributed by atoms with Gasteiger partial charge in [0.25, 0.3) is 0 Å². The molecule has 0 saturated carbocycles. The second kappa shape index (κ2) is 5.60. The predicted octanol–water partition coefficient (Wildman–Crippen LogP) is 2.81. The third-order valence-corrected chi connectivity index (χ3v) is 3.26. The number of nitrogens with zero attached hydrogens (tertiary/aromatic N) is 3. The van der Waals surface area contributed by atoms with E-state index in [1.807, 2.05) is 18.4 Å². The maximum absolute atomic E-state index is 8.58. The quantitative estimate of drug-likeness (QED) is 0.815. The van der Waals surface area contributed by atoms with E-state index in [4.69, 9.17) is 9.78 Å². The minimum atomic E-state index is 0.259. The summed E-state index contributed by atoms with van der Waals surface area (Å²) in [6, 6.07) is 6.21. The minimum Gasteiger partial charge on any atom is -0.339 e. The van der Waals surface area contributed by atoms with Crippen LogP contribution in [0.4, 0.5) is 0 Å². The highest BCUT2D eigenvalue weighted by atomic mass is 32.1. The Hall–Kier alpha value is -1.67. The van der Waals surface area contributed by atoms with Crippen LogP contribution >= 0.6 is 11.3 Å². The molecule has 17 heavy (non-hydrogen) atoms. The van der Waals surface area contributed by atoms with Gasteiger partial charge in [-0.2, -0.15) is 10.2 Å². The summed E-state index contributed by atoms with van der Waals surface area (Å²) < 4.78 is 5.16. The molecule has 0 aliphatic rings. The summed E-state index contributed by atoms with van der Waals surface area (Å²) in [6.07, 6.45) is 1.90. The van der Waals surface area contributed by atoms with Gasteiger partial charge in [-0.15, -0.1) is 11.3 Å². The smallest absolute Gasteiger partial charge is 0.226 e. The number of rotatable bonds is 5. The second-order valence-electron chi connectivity index (χ2n) is 4.03. The largest absolute Gasteiger partial charge is 0.339 e. The number of hydrogen-bond donors (Lipinski definition) is 0. The van der Waals surface area contributed by atoms with Gasteiger partial charge >= 0.3 is 0 Å². The lowest BCUT2D eigenvalue weighted by atomic mass is 10.1. The molecule has 0 bridgehead atoms. The SMILES string of the molecule is CC(CC#N)Cc1nc(Cc2cccs2)no1. The topological polar surface area (TPSA) is 62.7 Å². The summed E-state index contributed by atoms with van der Waals surface area (Å²) >= 11 is 1.68. The standard InChI is InChI=1S/C12H13N3OS/c1-9(4-5-13)7-12-14-11(15-16-12)8-10-3-2-6-17-10/h2-3,6,9H,4,7-8H2,1H3. The average Bonchev–Trinajstić information content (AvgIpc) is 2.91. The zero-order valence-corrected chi connectivity index (χ0v) is 10.4. The van der Waals surface area contributed by atoms with Gasteiger partial charge < -0.3 is 4.52 Å². The average molecular weight is 247 g/mol. The molecule has 5 heteroatoms. The molecule has 0 spiro atoms. The lowest BCUT2D eigenvalue weighted by molar-refractivity contribution is 0.355. The molecule has 0 aromatic carbocycles. The van der Waals surface area contributed by atoms with Crippen LogP contribution < -0.4 is 0 Å². The molecular weight excluding hydrogens is 234 g/mol. The van der Waals surface area contributed by atoms with Crippen molar-refractivity contribution >= 4 is 11.3 Å². The third kappa shape index (κ3) is 3.40. The van der Waals surface area contributed by atoms with Crippen molar-refractivity contribution in [1.82, 2.24) is 10.1 Å². The van der Waals surface area contributed by atoms with Gasteiger partial charge in [-0.25, -0.2) is 0 Å². The maximum Gasteiger partial charge on any atom is 0.226 e. The fourth-order valence-electron chi connectivity index (χ4n) is 1.54. The summed E-state index contributed by atoms with van der Waals surface area (Å²) in [7, 11) is 0. The highest BCUT2D eigenvalue weighted by Gasteiger charge is 2.11. The van der Waals surface area contributed by atoms with Gasteiger partial charge in [0.05, 0.1) is 6.07 Å². The lowest BCUT2D eigenvalue weighted by Gasteiger charge is -2.00. The first-order chi connectivity index (χ1) is 8.28. The van der Waals surface area contributed by atoms with E-state index in [1.165, 1.54) is 4.88 Å². The first-order valence-electron chi connectivity index (χ1n) is 5.48. The van der Waals surface area contributed by atoms with E-state index in [9.17, 15) is 0 Å². The second-order valence-corrected chi connectivity index (χ2v) is 5.06. The zero-order chi connectivity index (χ0) is 12.1. The Balaban J connectivity index is 1.94. The summed E-state index contributed by atoms with van der Waals surface area (Å²) in [5, 5.41) is 14.6. The molecule has 2 aromatic heterocycles. The van der Waals surface area contributed by atoms with Crippen LogP contribution in [0.15, 0.2) is 22.0 Å². The van der Waals surface area contributed by atoms with Crippen LogP contribution in [0.25, 0.3) is 0 Å². The monoisotopic (exact) mass is 247 g/mol. The molecule has 4 nitrogen and oxygen atoms in total. The van der Waals surface area contributed by atoms with Crippen LogP contribution in [0.5, 0.6) is 0 Å². The van der Waals surface area contributed by atoms with Crippen LogP contribution in [0, 0.1) is 17.2 Å². The third-order valence-electron chi connectivity index (χ3n) is 2.39. The number of thiophene rings is 1. The van der Waals surface area contributed by atoms with Crippen molar-refractivity contribution in [3.63, 3.8) is 0 Å². The Morgan fingerprint density at radius 3 is 3.18 bits per heavy atom. The Morgan fingerprint density at radius 1 is 1.59 bits per heavy atom. The summed E-state index contributed by atoms with van der Waals surface area (Å²) in [4.78, 5) is 5.55. The highest BCUT2D eigenvalue weighted by Crippen LogP contribution is 2.14. The van der Waals surface area contributed by atoms with E-state index in [0.717, 1.165) is 0 Å². The van der Waals surface area contributed by atoms with Gasteiger partial charge in [-0.3, -0.25) is 0 Å². The van der Waals surface area contributed by atoms with Crippen molar-refractivity contribution in [3.05, 3.63) is 34.1 Å². The van der Waals surface area contributed by atoms with E-state index >= 15 is 0 Å². The first-order valence-corrected chi connectivity index (χ1v) is 6.36. The first kappa shape index (κ1) is 11.8. The van der Waals surface area contributed by atoms with E-state index in [-0.39, 0.29) is 5.92 Å². The molecule has 0 saturated heterocycles. The molecule has 2 heterocycles. The number of nitriles is 1. The Morgan fingerprint density at radius 2 is 2.47 bits per heavy atom. The van der Waals surface area contributed by atoms with Crippen molar-refractivity contribution in [2.45, 2.75) is 26.2 Å². The van der Waals surface area contributed by atoms with Crippen LogP contribution in [0.1, 0.15) is 29.9 Å². The zero-order valence-electron chi connectivity index (χ0n) is 9.59. The van der Waals surface area contributed by atoms with Crippen molar-refractivity contribution in [2.24, 2.45) is 5.92 Å². The fourth-order valence-corrected chi connectivity index (χ4v) is 2.24. The Labute approximate surface area is 104 Å². The van der Waals surface area contributed by atoms with Gasteiger partial charge in [0, 0.05) is 24.1 Å². The Kier molecular flexibility index (Phi) is 3.89. The predicted molar refractivity (Wildman–Crippen MR) is 64.5 cm³/mol. The number of hydrogen-bond acceptors (Lipinski definition) is 5. The minimum absolute atomic E-state index is 0.259. The van der Waals surface area contributed by atoms with Crippen molar-refractivity contribution in [1.29, 1.82) is 5.26 Å². The molecule has 0 amide bonds. The molecule has 0 fully saturated rings. The van der Waals surface area contributed by atoms with Crippen molar-refractivity contribution in [2.75, 3.05) is 0 Å². The fraction of sp³-hybridized carbons (Fsp3) is 0.417. The van der Waals surface area contributed by atoms with Crippen LogP contribution in [-0.2, 0) is 12.8 Å². The maximum atomic E-state index is 8.58. The molecule has 1 unspecified atom stereocenters. The van der Waals surface area contributed by atoms with Crippen LogP contribution in [0.2, 0.25) is 0 Å². The lowest BCUT2D eigenvalue weighted by Crippen LogP contribution is -1.99.